The van der Waals surface area contributed by atoms with Crippen LogP contribution in [-0.2, 0) is 13.0 Å². The largest absolute Gasteiger partial charge is 0.465 e. The molecule has 0 fully saturated rings. The molecule has 0 spiro atoms. The van der Waals surface area contributed by atoms with Gasteiger partial charge in [-0.3, -0.25) is 4.79 Å². The highest BCUT2D eigenvalue weighted by atomic mass is 35.5. The summed E-state index contributed by atoms with van der Waals surface area (Å²) >= 11 is 5.75. The van der Waals surface area contributed by atoms with Crippen molar-refractivity contribution < 1.29 is 19.1 Å². The minimum Gasteiger partial charge on any atom is -0.465 e. The highest BCUT2D eigenvalue weighted by molar-refractivity contribution is 6.31. The second-order valence-electron chi connectivity index (χ2n) is 5.82. The van der Waals surface area contributed by atoms with Gasteiger partial charge in [0.2, 0.25) is 0 Å². The molecule has 3 rings (SSSR count). The van der Waals surface area contributed by atoms with E-state index in [1.165, 1.54) is 18.2 Å². The maximum Gasteiger partial charge on any atom is 0.405 e. The predicted molar refractivity (Wildman–Crippen MR) is 91.7 cm³/mol. The molecule has 0 saturated heterocycles. The number of amides is 2. The van der Waals surface area contributed by atoms with Crippen LogP contribution in [0.2, 0.25) is 5.02 Å². The van der Waals surface area contributed by atoms with Gasteiger partial charge in [-0.25, -0.2) is 9.18 Å². The smallest absolute Gasteiger partial charge is 0.405 e. The van der Waals surface area contributed by atoms with Gasteiger partial charge < -0.3 is 20.3 Å². The van der Waals surface area contributed by atoms with Gasteiger partial charge in [0.1, 0.15) is 11.5 Å². The monoisotopic (exact) mass is 365 g/mol. The zero-order chi connectivity index (χ0) is 18.1. The van der Waals surface area contributed by atoms with Crippen LogP contribution in [-0.4, -0.2) is 21.7 Å². The number of carboxylic acid groups (broad SMARTS) is 1. The SMILES string of the molecule is CCn1cc2c(c1C(=O)Nc1ccc(F)c(Cl)c1)CCC2NC(=O)O. The van der Waals surface area contributed by atoms with Gasteiger partial charge in [0.15, 0.2) is 0 Å². The van der Waals surface area contributed by atoms with Gasteiger partial charge in [0.25, 0.3) is 5.91 Å². The molecule has 1 aromatic carbocycles. The maximum atomic E-state index is 13.3. The Balaban J connectivity index is 1.90. The molecule has 8 heteroatoms. The molecular formula is C17H17ClFN3O3. The Kier molecular flexibility index (Phi) is 4.67. The summed E-state index contributed by atoms with van der Waals surface area (Å²) in [4.78, 5) is 23.7. The minimum absolute atomic E-state index is 0.0698. The van der Waals surface area contributed by atoms with Crippen LogP contribution in [0.25, 0.3) is 0 Å². The number of hydrogen-bond donors (Lipinski definition) is 3. The van der Waals surface area contributed by atoms with Crippen molar-refractivity contribution in [3.63, 3.8) is 0 Å². The van der Waals surface area contributed by atoms with Crippen LogP contribution in [0, 0.1) is 5.82 Å². The van der Waals surface area contributed by atoms with Crippen molar-refractivity contribution in [3.8, 4) is 0 Å². The molecule has 0 saturated carbocycles. The number of nitrogens with zero attached hydrogens (tertiary/aromatic N) is 1. The third-order valence-electron chi connectivity index (χ3n) is 4.31. The molecule has 1 aromatic heterocycles. The van der Waals surface area contributed by atoms with E-state index in [1.807, 2.05) is 13.1 Å². The molecule has 0 bridgehead atoms. The minimum atomic E-state index is -1.09. The van der Waals surface area contributed by atoms with E-state index in [-0.39, 0.29) is 17.0 Å². The number of nitrogens with one attached hydrogen (secondary N) is 2. The average molecular weight is 366 g/mol. The topological polar surface area (TPSA) is 83.4 Å². The van der Waals surface area contributed by atoms with Gasteiger partial charge in [0, 0.05) is 18.4 Å². The Morgan fingerprint density at radius 2 is 2.20 bits per heavy atom. The fourth-order valence-corrected chi connectivity index (χ4v) is 3.39. The molecule has 3 N–H and O–H groups in total. The summed E-state index contributed by atoms with van der Waals surface area (Å²) in [5.74, 6) is -0.887. The van der Waals surface area contributed by atoms with E-state index in [0.717, 1.165) is 11.1 Å². The van der Waals surface area contributed by atoms with Gasteiger partial charge in [-0.15, -0.1) is 0 Å². The number of aryl methyl sites for hydroxylation is 1. The molecule has 1 atom stereocenters. The van der Waals surface area contributed by atoms with Crippen molar-refractivity contribution in [2.75, 3.05) is 5.32 Å². The van der Waals surface area contributed by atoms with Crippen LogP contribution in [0.5, 0.6) is 0 Å². The number of carbonyl (C=O) groups excluding carboxylic acids is 1. The van der Waals surface area contributed by atoms with Crippen LogP contribution in [0.3, 0.4) is 0 Å². The zero-order valence-corrected chi connectivity index (χ0v) is 14.2. The number of anilines is 1. The van der Waals surface area contributed by atoms with Crippen molar-refractivity contribution in [1.82, 2.24) is 9.88 Å². The molecule has 1 heterocycles. The number of carbonyl (C=O) groups is 2. The normalized spacial score (nSPS) is 15.7. The summed E-state index contributed by atoms with van der Waals surface area (Å²) in [6, 6.07) is 3.66. The molecule has 0 radical (unpaired) electrons. The second-order valence-corrected chi connectivity index (χ2v) is 6.23. The Bertz CT molecular complexity index is 850. The molecule has 25 heavy (non-hydrogen) atoms. The van der Waals surface area contributed by atoms with Crippen LogP contribution >= 0.6 is 11.6 Å². The number of fused-ring (bicyclic) bond motifs is 1. The van der Waals surface area contributed by atoms with Crippen LogP contribution in [0.4, 0.5) is 14.9 Å². The van der Waals surface area contributed by atoms with E-state index in [9.17, 15) is 14.0 Å². The highest BCUT2D eigenvalue weighted by Gasteiger charge is 2.31. The Morgan fingerprint density at radius 1 is 1.44 bits per heavy atom. The number of aromatic nitrogens is 1. The maximum absolute atomic E-state index is 13.3. The lowest BCUT2D eigenvalue weighted by atomic mass is 10.1. The predicted octanol–water partition coefficient (Wildman–Crippen LogP) is 3.81. The van der Waals surface area contributed by atoms with Crippen molar-refractivity contribution >= 4 is 29.3 Å². The van der Waals surface area contributed by atoms with E-state index >= 15 is 0 Å². The van der Waals surface area contributed by atoms with E-state index < -0.39 is 11.9 Å². The van der Waals surface area contributed by atoms with E-state index in [4.69, 9.17) is 16.7 Å². The first-order valence-electron chi connectivity index (χ1n) is 7.88. The van der Waals surface area contributed by atoms with Gasteiger partial charge in [-0.1, -0.05) is 11.6 Å². The third kappa shape index (κ3) is 3.32. The summed E-state index contributed by atoms with van der Waals surface area (Å²) in [5, 5.41) is 14.1. The summed E-state index contributed by atoms with van der Waals surface area (Å²) in [6.45, 7) is 2.47. The van der Waals surface area contributed by atoms with E-state index in [0.29, 0.717) is 30.8 Å². The summed E-state index contributed by atoms with van der Waals surface area (Å²) in [5.41, 5.74) is 2.55. The lowest BCUT2D eigenvalue weighted by Gasteiger charge is -2.11. The Morgan fingerprint density at radius 3 is 2.84 bits per heavy atom. The van der Waals surface area contributed by atoms with E-state index in [2.05, 4.69) is 10.6 Å². The van der Waals surface area contributed by atoms with Crippen LogP contribution in [0.15, 0.2) is 24.4 Å². The molecule has 0 aliphatic heterocycles. The average Bonchev–Trinajstić information content (AvgIpc) is 3.10. The molecular weight excluding hydrogens is 349 g/mol. The lowest BCUT2D eigenvalue weighted by Crippen LogP contribution is -2.24. The molecule has 1 aliphatic rings. The third-order valence-corrected chi connectivity index (χ3v) is 4.60. The van der Waals surface area contributed by atoms with Gasteiger partial charge >= 0.3 is 6.09 Å². The molecule has 1 aliphatic carbocycles. The van der Waals surface area contributed by atoms with Crippen molar-refractivity contribution in [1.29, 1.82) is 0 Å². The summed E-state index contributed by atoms with van der Waals surface area (Å²) in [7, 11) is 0. The highest BCUT2D eigenvalue weighted by Crippen LogP contribution is 2.35. The molecule has 6 nitrogen and oxygen atoms in total. The summed E-state index contributed by atoms with van der Waals surface area (Å²) in [6.07, 6.45) is 1.95. The lowest BCUT2D eigenvalue weighted by molar-refractivity contribution is 0.101. The zero-order valence-electron chi connectivity index (χ0n) is 13.5. The van der Waals surface area contributed by atoms with Gasteiger partial charge in [0.05, 0.1) is 11.1 Å². The van der Waals surface area contributed by atoms with Crippen LogP contribution < -0.4 is 10.6 Å². The quantitative estimate of drug-likeness (QED) is 0.770. The van der Waals surface area contributed by atoms with E-state index in [1.54, 1.807) is 4.57 Å². The number of rotatable bonds is 4. The van der Waals surface area contributed by atoms with Crippen molar-refractivity contribution in [3.05, 3.63) is 52.1 Å². The second kappa shape index (κ2) is 6.76. The molecule has 2 amide bonds. The fraction of sp³-hybridized carbons (Fsp3) is 0.294. The summed E-state index contributed by atoms with van der Waals surface area (Å²) < 4.78 is 15.0. The Hall–Kier alpha value is -2.54. The number of benzene rings is 1. The van der Waals surface area contributed by atoms with Gasteiger partial charge in [-0.2, -0.15) is 0 Å². The number of halogens is 2. The molecule has 132 valence electrons. The Labute approximate surface area is 148 Å². The first kappa shape index (κ1) is 17.3. The van der Waals surface area contributed by atoms with Crippen LogP contribution in [0.1, 0.15) is 41.0 Å². The first-order valence-corrected chi connectivity index (χ1v) is 8.26. The van der Waals surface area contributed by atoms with Gasteiger partial charge in [-0.05, 0) is 49.1 Å². The number of hydrogen-bond acceptors (Lipinski definition) is 2. The fourth-order valence-electron chi connectivity index (χ4n) is 3.21. The first-order chi connectivity index (χ1) is 11.9. The standard InChI is InChI=1S/C17H17ClFN3O3/c1-2-22-8-11-10(4-6-14(11)21-17(24)25)15(22)16(23)20-9-3-5-13(19)12(18)7-9/h3,5,7-8,14,21H,2,4,6H2,1H3,(H,20,23)(H,24,25). The van der Waals surface area contributed by atoms with Crippen molar-refractivity contribution in [2.24, 2.45) is 0 Å². The molecule has 1 unspecified atom stereocenters. The molecule has 2 aromatic rings. The van der Waals surface area contributed by atoms with Crippen molar-refractivity contribution in [2.45, 2.75) is 32.4 Å².